The monoisotopic (exact) mass is 669 g/mol. The first-order chi connectivity index (χ1) is 23.0. The van der Waals surface area contributed by atoms with Crippen LogP contribution in [0, 0.1) is 0 Å². The van der Waals surface area contributed by atoms with E-state index in [-0.39, 0.29) is 24.7 Å². The van der Waals surface area contributed by atoms with Crippen molar-refractivity contribution in [1.82, 2.24) is 15.2 Å². The predicted octanol–water partition coefficient (Wildman–Crippen LogP) is 5.95. The summed E-state index contributed by atoms with van der Waals surface area (Å²) < 4.78 is 7.72. The molecule has 4 amide bonds. The van der Waals surface area contributed by atoms with Crippen molar-refractivity contribution < 1.29 is 23.9 Å². The standard InChI is InChI=1S/C37H43N5O5S/c1-5-16-40-22-26(27-11-6-7-12-30(27)40)20-28(39-36(46)47-37(2,3)4)34(44)38-29-19-25-10-8-13-31(41-17-9-14-32(41)43)33(25)42(35(29)45)21-24-15-18-48-23-24/h6-8,10-13,15,18,22-23,28-29H,5,9,14,16-17,19-21H2,1-4H3,(H,38,44)(H,39,46)/t28-,29?/m1/s1. The highest BCUT2D eigenvalue weighted by Gasteiger charge is 2.39. The molecular weight excluding hydrogens is 627 g/mol. The molecule has 11 heteroatoms. The molecule has 2 aromatic heterocycles. The van der Waals surface area contributed by atoms with Crippen molar-refractivity contribution in [3.8, 4) is 0 Å². The van der Waals surface area contributed by atoms with Gasteiger partial charge < -0.3 is 29.7 Å². The Labute approximate surface area is 285 Å². The summed E-state index contributed by atoms with van der Waals surface area (Å²) in [6.45, 7) is 9.14. The van der Waals surface area contributed by atoms with E-state index in [0.717, 1.165) is 52.7 Å². The lowest BCUT2D eigenvalue weighted by molar-refractivity contribution is -0.129. The number of carbonyl (C=O) groups is 4. The molecule has 2 aliphatic rings. The zero-order valence-electron chi connectivity index (χ0n) is 28.0. The van der Waals surface area contributed by atoms with Crippen LogP contribution in [0.1, 0.15) is 63.6 Å². The maximum Gasteiger partial charge on any atom is 0.408 e. The van der Waals surface area contributed by atoms with Crippen LogP contribution in [0.25, 0.3) is 10.9 Å². The minimum absolute atomic E-state index is 0.0399. The molecule has 10 nitrogen and oxygen atoms in total. The van der Waals surface area contributed by atoms with Crippen LogP contribution in [0.4, 0.5) is 16.2 Å². The Balaban J connectivity index is 1.32. The van der Waals surface area contributed by atoms with Crippen molar-refractivity contribution in [2.45, 2.75) is 90.6 Å². The second-order valence-electron chi connectivity index (χ2n) is 13.5. The number of nitrogens with one attached hydrogen (secondary N) is 2. The molecule has 2 N–H and O–H groups in total. The molecule has 48 heavy (non-hydrogen) atoms. The Kier molecular flexibility index (Phi) is 9.59. The van der Waals surface area contributed by atoms with Crippen LogP contribution in [0.3, 0.4) is 0 Å². The summed E-state index contributed by atoms with van der Waals surface area (Å²) in [6, 6.07) is 13.8. The number of alkyl carbamates (subject to hydrolysis) is 1. The highest BCUT2D eigenvalue weighted by Crippen LogP contribution is 2.40. The van der Waals surface area contributed by atoms with Gasteiger partial charge in [0.05, 0.1) is 17.9 Å². The van der Waals surface area contributed by atoms with Gasteiger partial charge in [0, 0.05) is 49.5 Å². The normalized spacial score (nSPS) is 17.0. The van der Waals surface area contributed by atoms with Gasteiger partial charge in [0.15, 0.2) is 0 Å². The van der Waals surface area contributed by atoms with E-state index in [1.165, 1.54) is 0 Å². The van der Waals surface area contributed by atoms with Crippen LogP contribution in [0.2, 0.25) is 0 Å². The van der Waals surface area contributed by atoms with Crippen LogP contribution in [0.15, 0.2) is 65.5 Å². The lowest BCUT2D eigenvalue weighted by atomic mass is 9.94. The highest BCUT2D eigenvalue weighted by atomic mass is 32.1. The van der Waals surface area contributed by atoms with Gasteiger partial charge >= 0.3 is 6.09 Å². The number of nitrogens with zero attached hydrogens (tertiary/aromatic N) is 3. The zero-order valence-corrected chi connectivity index (χ0v) is 28.8. The second kappa shape index (κ2) is 13.8. The van der Waals surface area contributed by atoms with E-state index in [9.17, 15) is 19.2 Å². The van der Waals surface area contributed by atoms with Gasteiger partial charge in [-0.05, 0) is 79.3 Å². The van der Waals surface area contributed by atoms with Crippen LogP contribution in [0.5, 0.6) is 0 Å². The predicted molar refractivity (Wildman–Crippen MR) is 188 cm³/mol. The summed E-state index contributed by atoms with van der Waals surface area (Å²) in [5.74, 6) is -0.703. The fourth-order valence-electron chi connectivity index (χ4n) is 6.68. The first-order valence-electron chi connectivity index (χ1n) is 16.6. The van der Waals surface area contributed by atoms with E-state index in [0.29, 0.717) is 25.2 Å². The number of ether oxygens (including phenoxy) is 1. The minimum Gasteiger partial charge on any atom is -0.444 e. The maximum absolute atomic E-state index is 14.3. The molecular formula is C37H43N5O5S. The SMILES string of the molecule is CCCn1cc(C[C@@H](NC(=O)OC(C)(C)C)C(=O)NC2Cc3cccc(N4CCCC4=O)c3N(Cc3ccsc3)C2=O)c2ccccc21. The molecule has 1 saturated heterocycles. The van der Waals surface area contributed by atoms with Crippen molar-refractivity contribution in [2.24, 2.45) is 0 Å². The molecule has 2 aliphatic heterocycles. The van der Waals surface area contributed by atoms with Gasteiger partial charge in [0.25, 0.3) is 0 Å². The van der Waals surface area contributed by atoms with Crippen LogP contribution < -0.4 is 20.4 Å². The van der Waals surface area contributed by atoms with E-state index < -0.39 is 29.7 Å². The van der Waals surface area contributed by atoms with E-state index in [2.05, 4.69) is 28.2 Å². The number of fused-ring (bicyclic) bond motifs is 2. The van der Waals surface area contributed by atoms with Gasteiger partial charge in [-0.25, -0.2) is 4.79 Å². The number of aryl methyl sites for hydroxylation is 1. The van der Waals surface area contributed by atoms with Gasteiger partial charge in [-0.2, -0.15) is 11.3 Å². The number of thiophene rings is 1. The van der Waals surface area contributed by atoms with Crippen molar-refractivity contribution in [1.29, 1.82) is 0 Å². The lowest BCUT2D eigenvalue weighted by Gasteiger charge is -2.37. The third-order valence-corrected chi connectivity index (χ3v) is 9.46. The summed E-state index contributed by atoms with van der Waals surface area (Å²) in [6.07, 6.45) is 3.98. The Morgan fingerprint density at radius 1 is 1.08 bits per heavy atom. The van der Waals surface area contributed by atoms with E-state index in [1.54, 1.807) is 41.9 Å². The fourth-order valence-corrected chi connectivity index (χ4v) is 7.34. The van der Waals surface area contributed by atoms with Gasteiger partial charge in [0.2, 0.25) is 17.7 Å². The summed E-state index contributed by atoms with van der Waals surface area (Å²) in [7, 11) is 0. The number of amides is 4. The summed E-state index contributed by atoms with van der Waals surface area (Å²) in [5.41, 5.74) is 4.46. The molecule has 4 aromatic rings. The topological polar surface area (TPSA) is 113 Å². The molecule has 4 heterocycles. The first kappa shape index (κ1) is 33.3. The summed E-state index contributed by atoms with van der Waals surface area (Å²) >= 11 is 1.55. The Morgan fingerprint density at radius 3 is 2.60 bits per heavy atom. The van der Waals surface area contributed by atoms with Crippen molar-refractivity contribution >= 4 is 57.4 Å². The summed E-state index contributed by atoms with van der Waals surface area (Å²) in [5, 5.41) is 10.8. The number of benzene rings is 2. The third-order valence-electron chi connectivity index (χ3n) is 8.72. The Bertz CT molecular complexity index is 1830. The number of hydrogen-bond acceptors (Lipinski definition) is 6. The molecule has 2 aromatic carbocycles. The fraction of sp³-hybridized carbons (Fsp3) is 0.405. The van der Waals surface area contributed by atoms with E-state index >= 15 is 0 Å². The molecule has 0 spiro atoms. The molecule has 0 aliphatic carbocycles. The molecule has 6 rings (SSSR count). The van der Waals surface area contributed by atoms with E-state index in [1.807, 2.05) is 59.4 Å². The molecule has 1 fully saturated rings. The van der Waals surface area contributed by atoms with Crippen molar-refractivity contribution in [2.75, 3.05) is 16.3 Å². The molecule has 1 unspecified atom stereocenters. The number of hydrogen-bond donors (Lipinski definition) is 2. The Hall–Kier alpha value is -4.64. The lowest BCUT2D eigenvalue weighted by Crippen LogP contribution is -2.57. The second-order valence-corrected chi connectivity index (χ2v) is 14.3. The number of para-hydroxylation sites is 2. The minimum atomic E-state index is -1.01. The van der Waals surface area contributed by atoms with Crippen LogP contribution in [-0.4, -0.2) is 52.6 Å². The number of aromatic nitrogens is 1. The van der Waals surface area contributed by atoms with Crippen molar-refractivity contribution in [3.63, 3.8) is 0 Å². The highest BCUT2D eigenvalue weighted by molar-refractivity contribution is 7.07. The molecule has 2 atom stereocenters. The molecule has 252 valence electrons. The van der Waals surface area contributed by atoms with Gasteiger partial charge in [-0.15, -0.1) is 0 Å². The zero-order chi connectivity index (χ0) is 34.0. The van der Waals surface area contributed by atoms with Crippen molar-refractivity contribution in [3.05, 3.63) is 82.2 Å². The third kappa shape index (κ3) is 7.11. The summed E-state index contributed by atoms with van der Waals surface area (Å²) in [4.78, 5) is 57.8. The number of anilines is 2. The average molecular weight is 670 g/mol. The first-order valence-corrected chi connectivity index (χ1v) is 17.6. The quantitative estimate of drug-likeness (QED) is 0.217. The smallest absolute Gasteiger partial charge is 0.408 e. The molecule has 0 saturated carbocycles. The number of rotatable bonds is 10. The van der Waals surface area contributed by atoms with Gasteiger partial charge in [-0.3, -0.25) is 14.4 Å². The van der Waals surface area contributed by atoms with Gasteiger partial charge in [0.1, 0.15) is 17.7 Å². The van der Waals surface area contributed by atoms with Crippen LogP contribution >= 0.6 is 11.3 Å². The van der Waals surface area contributed by atoms with E-state index in [4.69, 9.17) is 4.74 Å². The average Bonchev–Trinajstić information content (AvgIpc) is 3.79. The van der Waals surface area contributed by atoms with Crippen LogP contribution in [-0.2, 0) is 45.1 Å². The Morgan fingerprint density at radius 2 is 1.90 bits per heavy atom. The largest absolute Gasteiger partial charge is 0.444 e. The van der Waals surface area contributed by atoms with Gasteiger partial charge in [-0.1, -0.05) is 37.3 Å². The maximum atomic E-state index is 14.3. The number of carbonyl (C=O) groups excluding carboxylic acids is 4. The molecule has 0 radical (unpaired) electrons. The molecule has 0 bridgehead atoms.